The Morgan fingerprint density at radius 1 is 0.933 bits per heavy atom. The number of amides is 2. The quantitative estimate of drug-likeness (QED) is 0.647. The maximum Gasteiger partial charge on any atom is 0.226 e. The molecule has 0 atom stereocenters. The lowest BCUT2D eigenvalue weighted by molar-refractivity contribution is -0.126. The predicted molar refractivity (Wildman–Crippen MR) is 121 cm³/mol. The van der Waals surface area contributed by atoms with E-state index in [1.165, 1.54) is 0 Å². The first-order valence-corrected chi connectivity index (χ1v) is 9.77. The molecule has 0 radical (unpaired) electrons. The maximum absolute atomic E-state index is 11.2. The summed E-state index contributed by atoms with van der Waals surface area (Å²) in [6.07, 6.45) is 6.84. The zero-order valence-electron chi connectivity index (χ0n) is 17.0. The van der Waals surface area contributed by atoms with Crippen LogP contribution in [0.4, 0.5) is 5.69 Å². The van der Waals surface area contributed by atoms with Gasteiger partial charge in [-0.2, -0.15) is 0 Å². The number of anilines is 1. The van der Waals surface area contributed by atoms with Crippen LogP contribution in [0.2, 0.25) is 5.02 Å². The largest absolute Gasteiger partial charge is 0.370 e. The van der Waals surface area contributed by atoms with Crippen LogP contribution in [0, 0.1) is 11.8 Å². The number of nitrogens with zero attached hydrogens (tertiary/aromatic N) is 3. The van der Waals surface area contributed by atoms with Crippen LogP contribution in [0.5, 0.6) is 0 Å². The van der Waals surface area contributed by atoms with Crippen molar-refractivity contribution in [3.8, 4) is 0 Å². The first-order chi connectivity index (χ1) is 14.0. The van der Waals surface area contributed by atoms with E-state index < -0.39 is 0 Å². The van der Waals surface area contributed by atoms with E-state index >= 15 is 0 Å². The minimum Gasteiger partial charge on any atom is -0.370 e. The molecule has 2 aromatic rings. The molecule has 164 valence electrons. The standard InChI is InChI=1S/C10H13N3O.C5H4ClN.C5H10N2O.ClH/c1-11-10(14)8-6-13(7-8)9-2-4-12-5-3-9;6-5-1-3-7-4-2-5;1-6-5(8)4-2-7-3-4;/h2-5,8H,6-7H2,1H3,(H,11,14);1-4H;4,7H,2-3H2,1H3,(H,6,8);1H. The van der Waals surface area contributed by atoms with Gasteiger partial charge in [0.1, 0.15) is 0 Å². The van der Waals surface area contributed by atoms with E-state index in [9.17, 15) is 9.59 Å². The molecule has 8 nitrogen and oxygen atoms in total. The molecule has 4 heterocycles. The average molecular weight is 455 g/mol. The highest BCUT2D eigenvalue weighted by Gasteiger charge is 2.31. The summed E-state index contributed by atoms with van der Waals surface area (Å²) in [5.74, 6) is 0.673. The number of carbonyl (C=O) groups is 2. The third-order valence-corrected chi connectivity index (χ3v) is 4.82. The zero-order valence-corrected chi connectivity index (χ0v) is 18.6. The fraction of sp³-hybridized carbons (Fsp3) is 0.400. The first-order valence-electron chi connectivity index (χ1n) is 9.39. The Bertz CT molecular complexity index is 756. The number of aromatic nitrogens is 2. The molecule has 2 amide bonds. The van der Waals surface area contributed by atoms with Gasteiger partial charge in [-0.05, 0) is 24.3 Å². The minimum absolute atomic E-state index is 0. The van der Waals surface area contributed by atoms with Crippen molar-refractivity contribution in [3.05, 3.63) is 54.1 Å². The number of pyridine rings is 2. The van der Waals surface area contributed by atoms with Gasteiger partial charge in [0.2, 0.25) is 11.8 Å². The van der Waals surface area contributed by atoms with E-state index in [1.807, 2.05) is 12.1 Å². The summed E-state index contributed by atoms with van der Waals surface area (Å²) in [6, 6.07) is 7.39. The number of carbonyl (C=O) groups excluding carboxylic acids is 2. The molecule has 0 unspecified atom stereocenters. The van der Waals surface area contributed by atoms with Gasteiger partial charge in [-0.1, -0.05) is 11.6 Å². The molecule has 2 aromatic heterocycles. The third-order valence-electron chi connectivity index (χ3n) is 4.56. The van der Waals surface area contributed by atoms with E-state index in [0.717, 1.165) is 36.9 Å². The molecule has 2 saturated heterocycles. The summed E-state index contributed by atoms with van der Waals surface area (Å²) in [5, 5.41) is 9.00. The third kappa shape index (κ3) is 8.14. The molecule has 2 aliphatic heterocycles. The molecule has 4 rings (SSSR count). The highest BCUT2D eigenvalue weighted by molar-refractivity contribution is 6.30. The summed E-state index contributed by atoms with van der Waals surface area (Å²) in [4.78, 5) is 31.7. The monoisotopic (exact) mass is 454 g/mol. The normalized spacial score (nSPS) is 14.8. The van der Waals surface area contributed by atoms with Crippen LogP contribution in [-0.4, -0.2) is 62.1 Å². The van der Waals surface area contributed by atoms with Crippen LogP contribution >= 0.6 is 24.0 Å². The second-order valence-corrected chi connectivity index (χ2v) is 6.99. The van der Waals surface area contributed by atoms with Crippen LogP contribution in [0.15, 0.2) is 49.1 Å². The predicted octanol–water partition coefficient (Wildman–Crippen LogP) is 1.37. The molecule has 0 aliphatic carbocycles. The number of nitrogens with one attached hydrogen (secondary N) is 3. The van der Waals surface area contributed by atoms with E-state index in [1.54, 1.807) is 51.0 Å². The molecular weight excluding hydrogens is 427 g/mol. The Balaban J connectivity index is 0.000000241. The van der Waals surface area contributed by atoms with Crippen LogP contribution in [-0.2, 0) is 9.59 Å². The van der Waals surface area contributed by atoms with Gasteiger partial charge in [0.15, 0.2) is 0 Å². The van der Waals surface area contributed by atoms with Crippen LogP contribution in [0.1, 0.15) is 0 Å². The van der Waals surface area contributed by atoms with Crippen molar-refractivity contribution < 1.29 is 9.59 Å². The van der Waals surface area contributed by atoms with Crippen molar-refractivity contribution in [2.45, 2.75) is 0 Å². The lowest BCUT2D eigenvalue weighted by atomic mass is 9.98. The number of rotatable bonds is 3. The molecule has 3 N–H and O–H groups in total. The van der Waals surface area contributed by atoms with E-state index in [2.05, 4.69) is 30.8 Å². The lowest BCUT2D eigenvalue weighted by Gasteiger charge is -2.39. The first kappa shape index (κ1) is 25.6. The van der Waals surface area contributed by atoms with Gasteiger partial charge >= 0.3 is 0 Å². The van der Waals surface area contributed by atoms with Crippen molar-refractivity contribution in [1.29, 1.82) is 0 Å². The van der Waals surface area contributed by atoms with Crippen LogP contribution in [0.3, 0.4) is 0 Å². The molecule has 0 bridgehead atoms. The van der Waals surface area contributed by atoms with Crippen molar-refractivity contribution >= 4 is 41.5 Å². The van der Waals surface area contributed by atoms with Gasteiger partial charge < -0.3 is 20.9 Å². The minimum atomic E-state index is 0. The fourth-order valence-electron chi connectivity index (χ4n) is 2.63. The molecular formula is C20H28Cl2N6O2. The second-order valence-electron chi connectivity index (χ2n) is 6.56. The molecule has 0 saturated carbocycles. The maximum atomic E-state index is 11.2. The van der Waals surface area contributed by atoms with E-state index in [0.29, 0.717) is 0 Å². The summed E-state index contributed by atoms with van der Waals surface area (Å²) < 4.78 is 0. The van der Waals surface area contributed by atoms with Gasteiger partial charge in [0, 0.05) is 75.8 Å². The fourth-order valence-corrected chi connectivity index (χ4v) is 2.74. The number of hydrogen-bond acceptors (Lipinski definition) is 6. The van der Waals surface area contributed by atoms with Crippen LogP contribution in [0.25, 0.3) is 0 Å². The SMILES string of the molecule is CNC(=O)C1CN(c2ccncc2)C1.CNC(=O)C1CNC1.Cl.Clc1ccncc1. The lowest BCUT2D eigenvalue weighted by Crippen LogP contribution is -2.53. The van der Waals surface area contributed by atoms with Gasteiger partial charge in [0.05, 0.1) is 11.8 Å². The van der Waals surface area contributed by atoms with Crippen molar-refractivity contribution in [2.24, 2.45) is 11.8 Å². The molecule has 2 fully saturated rings. The van der Waals surface area contributed by atoms with Crippen molar-refractivity contribution in [3.63, 3.8) is 0 Å². The average Bonchev–Trinajstić information content (AvgIpc) is 2.67. The number of halogens is 2. The second kappa shape index (κ2) is 13.7. The van der Waals surface area contributed by atoms with Gasteiger partial charge in [-0.3, -0.25) is 19.6 Å². The Hall–Kier alpha value is -2.42. The molecule has 10 heteroatoms. The van der Waals surface area contributed by atoms with Crippen molar-refractivity contribution in [1.82, 2.24) is 25.9 Å². The highest BCUT2D eigenvalue weighted by atomic mass is 35.5. The molecule has 0 spiro atoms. The Kier molecular flexibility index (Phi) is 11.7. The molecule has 30 heavy (non-hydrogen) atoms. The van der Waals surface area contributed by atoms with Crippen LogP contribution < -0.4 is 20.9 Å². The Morgan fingerprint density at radius 3 is 1.73 bits per heavy atom. The van der Waals surface area contributed by atoms with Gasteiger partial charge in [-0.25, -0.2) is 0 Å². The summed E-state index contributed by atoms with van der Waals surface area (Å²) >= 11 is 5.50. The summed E-state index contributed by atoms with van der Waals surface area (Å²) in [5.41, 5.74) is 1.14. The highest BCUT2D eigenvalue weighted by Crippen LogP contribution is 2.23. The summed E-state index contributed by atoms with van der Waals surface area (Å²) in [6.45, 7) is 3.31. The topological polar surface area (TPSA) is 99.3 Å². The zero-order chi connectivity index (χ0) is 21.1. The number of hydrogen-bond donors (Lipinski definition) is 3. The molecule has 2 aliphatic rings. The summed E-state index contributed by atoms with van der Waals surface area (Å²) in [7, 11) is 3.35. The van der Waals surface area contributed by atoms with Crippen molar-refractivity contribution in [2.75, 3.05) is 45.2 Å². The smallest absolute Gasteiger partial charge is 0.226 e. The van der Waals surface area contributed by atoms with Gasteiger partial charge in [-0.15, -0.1) is 12.4 Å². The van der Waals surface area contributed by atoms with E-state index in [-0.39, 0.29) is 36.1 Å². The van der Waals surface area contributed by atoms with Gasteiger partial charge in [0.25, 0.3) is 0 Å². The Labute approximate surface area is 188 Å². The Morgan fingerprint density at radius 2 is 1.40 bits per heavy atom. The van der Waals surface area contributed by atoms with E-state index in [4.69, 9.17) is 11.6 Å². The molecule has 0 aromatic carbocycles.